The Bertz CT molecular complexity index is 1070. The third kappa shape index (κ3) is 2.84. The Morgan fingerprint density at radius 1 is 1.41 bits per heavy atom. The summed E-state index contributed by atoms with van der Waals surface area (Å²) in [6, 6.07) is 3.58. The van der Waals surface area contributed by atoms with Gasteiger partial charge in [0.05, 0.1) is 29.7 Å². The average Bonchev–Trinajstić information content (AvgIpc) is 3.26. The molecule has 4 rings (SSSR count). The fourth-order valence-electron chi connectivity index (χ4n) is 3.20. The molecule has 9 heteroatoms. The lowest BCUT2D eigenvalue weighted by molar-refractivity contribution is -0.116. The van der Waals surface area contributed by atoms with E-state index in [0.29, 0.717) is 16.6 Å². The van der Waals surface area contributed by atoms with Gasteiger partial charge in [-0.25, -0.2) is 9.97 Å². The minimum absolute atomic E-state index is 0.00685. The minimum atomic E-state index is -0.263. The summed E-state index contributed by atoms with van der Waals surface area (Å²) in [5.41, 5.74) is 2.26. The molecule has 27 heavy (non-hydrogen) atoms. The topological polar surface area (TPSA) is 89.3 Å². The summed E-state index contributed by atoms with van der Waals surface area (Å²) in [4.78, 5) is 35.4. The first kappa shape index (κ1) is 17.5. The molecular formula is C18H19N5O3S. The van der Waals surface area contributed by atoms with E-state index in [1.807, 2.05) is 37.9 Å². The van der Waals surface area contributed by atoms with Gasteiger partial charge in [-0.3, -0.25) is 9.59 Å². The Morgan fingerprint density at radius 3 is 2.93 bits per heavy atom. The van der Waals surface area contributed by atoms with E-state index in [1.54, 1.807) is 11.7 Å². The second-order valence-electron chi connectivity index (χ2n) is 6.55. The minimum Gasteiger partial charge on any atom is -0.496 e. The SMILES string of the molecule is COc1cc2nc(NC(=O)Cn3cnc4c3C(=O)C(C)N4C)sc2cc1C. The molecule has 1 aliphatic rings. The van der Waals surface area contributed by atoms with Crippen LogP contribution in [0.25, 0.3) is 10.2 Å². The number of benzene rings is 1. The van der Waals surface area contributed by atoms with Crippen LogP contribution in [-0.2, 0) is 11.3 Å². The number of Topliss-reactive ketones (excluding diaryl/α,β-unsaturated/α-hetero) is 1. The summed E-state index contributed by atoms with van der Waals surface area (Å²) in [6.07, 6.45) is 1.52. The van der Waals surface area contributed by atoms with E-state index in [4.69, 9.17) is 4.74 Å². The van der Waals surface area contributed by atoms with Crippen LogP contribution in [0.3, 0.4) is 0 Å². The Labute approximate surface area is 159 Å². The monoisotopic (exact) mass is 385 g/mol. The number of aryl methyl sites for hydroxylation is 1. The van der Waals surface area contributed by atoms with Gasteiger partial charge in [0.1, 0.15) is 18.0 Å². The Morgan fingerprint density at radius 2 is 2.19 bits per heavy atom. The average molecular weight is 385 g/mol. The lowest BCUT2D eigenvalue weighted by atomic mass is 10.2. The molecule has 1 aromatic carbocycles. The van der Waals surface area contributed by atoms with E-state index in [2.05, 4.69) is 15.3 Å². The Balaban J connectivity index is 1.54. The molecule has 0 saturated carbocycles. The number of methoxy groups -OCH3 is 1. The number of imidazole rings is 1. The molecule has 1 atom stereocenters. The number of aromatic nitrogens is 3. The standard InChI is InChI=1S/C18H19N5O3S/c1-9-5-13-11(6-12(9)26-4)20-18(27-13)21-14(24)7-23-8-19-17-15(23)16(25)10(2)22(17)3/h5-6,8,10H,7H2,1-4H3,(H,20,21,24). The lowest BCUT2D eigenvalue weighted by Crippen LogP contribution is -2.29. The number of carbonyl (C=O) groups is 2. The summed E-state index contributed by atoms with van der Waals surface area (Å²) < 4.78 is 7.88. The molecule has 8 nitrogen and oxygen atoms in total. The molecule has 3 heterocycles. The zero-order valence-corrected chi connectivity index (χ0v) is 16.3. The molecule has 3 aromatic rings. The number of thiazole rings is 1. The quantitative estimate of drug-likeness (QED) is 0.742. The molecule has 0 saturated heterocycles. The van der Waals surface area contributed by atoms with Crippen LogP contribution in [0.5, 0.6) is 5.75 Å². The van der Waals surface area contributed by atoms with Gasteiger partial charge in [-0.05, 0) is 25.5 Å². The molecule has 1 N–H and O–H groups in total. The predicted octanol–water partition coefficient (Wildman–Crippen LogP) is 2.47. The maximum Gasteiger partial charge on any atom is 0.246 e. The molecule has 0 fully saturated rings. The van der Waals surface area contributed by atoms with Crippen LogP contribution < -0.4 is 15.0 Å². The highest BCUT2D eigenvalue weighted by Crippen LogP contribution is 2.32. The molecule has 0 bridgehead atoms. The van der Waals surface area contributed by atoms with E-state index >= 15 is 0 Å². The number of nitrogens with one attached hydrogen (secondary N) is 1. The molecule has 1 aliphatic heterocycles. The van der Waals surface area contributed by atoms with Gasteiger partial charge in [0.2, 0.25) is 11.7 Å². The number of amides is 1. The fraction of sp³-hybridized carbons (Fsp3) is 0.333. The van der Waals surface area contributed by atoms with Crippen LogP contribution in [-0.4, -0.2) is 46.4 Å². The van der Waals surface area contributed by atoms with Crippen LogP contribution in [0.1, 0.15) is 23.0 Å². The predicted molar refractivity (Wildman–Crippen MR) is 104 cm³/mol. The van der Waals surface area contributed by atoms with Crippen LogP contribution >= 0.6 is 11.3 Å². The van der Waals surface area contributed by atoms with Crippen LogP contribution in [0.2, 0.25) is 0 Å². The highest BCUT2D eigenvalue weighted by molar-refractivity contribution is 7.22. The molecule has 1 amide bonds. The highest BCUT2D eigenvalue weighted by Gasteiger charge is 2.36. The maximum absolute atomic E-state index is 12.5. The maximum atomic E-state index is 12.5. The number of fused-ring (bicyclic) bond motifs is 2. The van der Waals surface area contributed by atoms with Gasteiger partial charge in [-0.15, -0.1) is 0 Å². The molecular weight excluding hydrogens is 366 g/mol. The van der Waals surface area contributed by atoms with Crippen molar-refractivity contribution in [3.8, 4) is 5.75 Å². The van der Waals surface area contributed by atoms with E-state index < -0.39 is 0 Å². The first-order valence-corrected chi connectivity index (χ1v) is 9.28. The molecule has 0 spiro atoms. The van der Waals surface area contributed by atoms with Crippen molar-refractivity contribution < 1.29 is 14.3 Å². The largest absolute Gasteiger partial charge is 0.496 e. The van der Waals surface area contributed by atoms with Crippen molar-refractivity contribution in [2.24, 2.45) is 0 Å². The van der Waals surface area contributed by atoms with Crippen molar-refractivity contribution in [1.29, 1.82) is 0 Å². The van der Waals surface area contributed by atoms with Gasteiger partial charge in [-0.1, -0.05) is 11.3 Å². The smallest absolute Gasteiger partial charge is 0.246 e. The normalized spacial score (nSPS) is 16.1. The zero-order valence-electron chi connectivity index (χ0n) is 15.4. The molecule has 0 radical (unpaired) electrons. The molecule has 1 unspecified atom stereocenters. The number of hydrogen-bond acceptors (Lipinski definition) is 7. The van der Waals surface area contributed by atoms with E-state index in [1.165, 1.54) is 17.7 Å². The van der Waals surface area contributed by atoms with Crippen molar-refractivity contribution >= 4 is 44.2 Å². The highest BCUT2D eigenvalue weighted by atomic mass is 32.1. The number of rotatable bonds is 4. The van der Waals surface area contributed by atoms with Gasteiger partial charge in [0, 0.05) is 13.1 Å². The van der Waals surface area contributed by atoms with Crippen molar-refractivity contribution in [2.45, 2.75) is 26.4 Å². The number of ether oxygens (including phenoxy) is 1. The van der Waals surface area contributed by atoms with Crippen molar-refractivity contribution in [2.75, 3.05) is 24.4 Å². The Kier molecular flexibility index (Phi) is 4.11. The van der Waals surface area contributed by atoms with E-state index in [9.17, 15) is 9.59 Å². The van der Waals surface area contributed by atoms with E-state index in [-0.39, 0.29) is 24.3 Å². The number of nitrogens with zero attached hydrogens (tertiary/aromatic N) is 4. The Hall–Kier alpha value is -2.94. The second-order valence-corrected chi connectivity index (χ2v) is 7.58. The summed E-state index contributed by atoms with van der Waals surface area (Å²) in [5, 5.41) is 3.32. The summed E-state index contributed by atoms with van der Waals surface area (Å²) >= 11 is 1.40. The fourth-order valence-corrected chi connectivity index (χ4v) is 4.16. The summed E-state index contributed by atoms with van der Waals surface area (Å²) in [5.74, 6) is 1.09. The zero-order chi connectivity index (χ0) is 19.3. The second kappa shape index (κ2) is 6.34. The lowest BCUT2D eigenvalue weighted by Gasteiger charge is -2.14. The van der Waals surface area contributed by atoms with Gasteiger partial charge >= 0.3 is 0 Å². The van der Waals surface area contributed by atoms with Crippen LogP contribution in [0, 0.1) is 6.92 Å². The summed E-state index contributed by atoms with van der Waals surface area (Å²) in [6.45, 7) is 3.80. The number of anilines is 2. The summed E-state index contributed by atoms with van der Waals surface area (Å²) in [7, 11) is 3.44. The van der Waals surface area contributed by atoms with Crippen LogP contribution in [0.15, 0.2) is 18.5 Å². The van der Waals surface area contributed by atoms with Gasteiger partial charge in [0.25, 0.3) is 0 Å². The molecule has 0 aliphatic carbocycles. The van der Waals surface area contributed by atoms with Crippen molar-refractivity contribution in [3.05, 3.63) is 29.7 Å². The number of hydrogen-bond donors (Lipinski definition) is 1. The molecule has 140 valence electrons. The van der Waals surface area contributed by atoms with Crippen molar-refractivity contribution in [3.63, 3.8) is 0 Å². The first-order chi connectivity index (χ1) is 12.9. The number of carbonyl (C=O) groups excluding carboxylic acids is 2. The third-order valence-corrected chi connectivity index (χ3v) is 5.75. The van der Waals surface area contributed by atoms with Crippen molar-refractivity contribution in [1.82, 2.24) is 14.5 Å². The van der Waals surface area contributed by atoms with Gasteiger partial charge in [0.15, 0.2) is 10.9 Å². The van der Waals surface area contributed by atoms with Crippen LogP contribution in [0.4, 0.5) is 10.9 Å². The number of ketones is 1. The van der Waals surface area contributed by atoms with E-state index in [0.717, 1.165) is 21.5 Å². The third-order valence-electron chi connectivity index (χ3n) is 4.81. The molecule has 2 aromatic heterocycles. The van der Waals surface area contributed by atoms with Gasteiger partial charge < -0.3 is 19.5 Å². The first-order valence-electron chi connectivity index (χ1n) is 8.46. The van der Waals surface area contributed by atoms with Gasteiger partial charge in [-0.2, -0.15) is 0 Å². The number of likely N-dealkylation sites (N-methyl/N-ethyl adjacent to an activating group) is 1.